The second-order valence-electron chi connectivity index (χ2n) is 4.95. The van der Waals surface area contributed by atoms with Crippen molar-refractivity contribution in [3.63, 3.8) is 0 Å². The van der Waals surface area contributed by atoms with Crippen LogP contribution in [0.2, 0.25) is 0 Å². The molecule has 2 unspecified atom stereocenters. The standard InChI is InChI=1S/C11H18N2O2/c14-11-13(7-8-3-1-2-4-8)9-5-12-6-10(9)15-11/h8-10,12H,1-7H2. The van der Waals surface area contributed by atoms with Crippen LogP contribution >= 0.6 is 0 Å². The van der Waals surface area contributed by atoms with E-state index in [1.165, 1.54) is 25.7 Å². The highest BCUT2D eigenvalue weighted by atomic mass is 16.6. The van der Waals surface area contributed by atoms with Crippen LogP contribution in [0.15, 0.2) is 0 Å². The Bertz CT molecular complexity index is 263. The molecule has 3 fully saturated rings. The smallest absolute Gasteiger partial charge is 0.410 e. The van der Waals surface area contributed by atoms with Crippen molar-refractivity contribution < 1.29 is 9.53 Å². The van der Waals surface area contributed by atoms with E-state index < -0.39 is 0 Å². The van der Waals surface area contributed by atoms with Gasteiger partial charge in [0.05, 0.1) is 6.04 Å². The van der Waals surface area contributed by atoms with Crippen LogP contribution < -0.4 is 5.32 Å². The Morgan fingerprint density at radius 1 is 1.33 bits per heavy atom. The van der Waals surface area contributed by atoms with Crippen LogP contribution in [0.3, 0.4) is 0 Å². The number of carbonyl (C=O) groups excluding carboxylic acids is 1. The monoisotopic (exact) mass is 210 g/mol. The molecule has 4 heteroatoms. The first-order valence-electron chi connectivity index (χ1n) is 6.02. The molecule has 84 valence electrons. The summed E-state index contributed by atoms with van der Waals surface area (Å²) in [5.41, 5.74) is 0. The predicted molar refractivity (Wildman–Crippen MR) is 55.6 cm³/mol. The van der Waals surface area contributed by atoms with Crippen molar-refractivity contribution in [1.29, 1.82) is 0 Å². The zero-order valence-corrected chi connectivity index (χ0v) is 8.95. The van der Waals surface area contributed by atoms with Gasteiger partial charge in [0.25, 0.3) is 0 Å². The van der Waals surface area contributed by atoms with E-state index >= 15 is 0 Å². The summed E-state index contributed by atoms with van der Waals surface area (Å²) < 4.78 is 5.33. The average Bonchev–Trinajstić information content (AvgIpc) is 2.86. The summed E-state index contributed by atoms with van der Waals surface area (Å²) in [5, 5.41) is 3.28. The first-order valence-corrected chi connectivity index (χ1v) is 6.02. The summed E-state index contributed by atoms with van der Waals surface area (Å²) in [6, 6.07) is 0.304. The first kappa shape index (κ1) is 9.46. The molecule has 2 saturated heterocycles. The molecule has 2 atom stereocenters. The third kappa shape index (κ3) is 1.61. The van der Waals surface area contributed by atoms with Crippen molar-refractivity contribution in [2.24, 2.45) is 5.92 Å². The number of hydrogen-bond donors (Lipinski definition) is 1. The largest absolute Gasteiger partial charge is 0.442 e. The van der Waals surface area contributed by atoms with Crippen molar-refractivity contribution in [2.45, 2.75) is 37.8 Å². The van der Waals surface area contributed by atoms with E-state index in [9.17, 15) is 4.79 Å². The molecule has 1 saturated carbocycles. The van der Waals surface area contributed by atoms with Crippen LogP contribution in [0.4, 0.5) is 4.79 Å². The third-order valence-electron chi connectivity index (χ3n) is 3.94. The molecule has 15 heavy (non-hydrogen) atoms. The van der Waals surface area contributed by atoms with Gasteiger partial charge in [-0.25, -0.2) is 4.79 Å². The van der Waals surface area contributed by atoms with Gasteiger partial charge in [-0.2, -0.15) is 0 Å². The maximum absolute atomic E-state index is 11.7. The lowest BCUT2D eigenvalue weighted by molar-refractivity contribution is 0.132. The van der Waals surface area contributed by atoms with Crippen LogP contribution in [0.25, 0.3) is 0 Å². The Balaban J connectivity index is 1.65. The second kappa shape index (κ2) is 3.67. The van der Waals surface area contributed by atoms with Gasteiger partial charge in [0.2, 0.25) is 0 Å². The number of rotatable bonds is 2. The zero-order valence-electron chi connectivity index (χ0n) is 8.95. The molecule has 0 aromatic rings. The lowest BCUT2D eigenvalue weighted by atomic mass is 10.1. The Labute approximate surface area is 90.0 Å². The maximum Gasteiger partial charge on any atom is 0.410 e. The van der Waals surface area contributed by atoms with Crippen LogP contribution in [-0.4, -0.2) is 42.8 Å². The topological polar surface area (TPSA) is 41.6 Å². The van der Waals surface area contributed by atoms with Gasteiger partial charge >= 0.3 is 6.09 Å². The summed E-state index contributed by atoms with van der Waals surface area (Å²) in [7, 11) is 0. The van der Waals surface area contributed by atoms with Gasteiger partial charge in [0.1, 0.15) is 6.10 Å². The number of ether oxygens (including phenoxy) is 1. The van der Waals surface area contributed by atoms with Crippen LogP contribution in [0.1, 0.15) is 25.7 Å². The minimum Gasteiger partial charge on any atom is -0.442 e. The summed E-state index contributed by atoms with van der Waals surface area (Å²) in [5.74, 6) is 0.719. The molecular weight excluding hydrogens is 192 g/mol. The molecule has 3 rings (SSSR count). The van der Waals surface area contributed by atoms with E-state index in [0.717, 1.165) is 25.6 Å². The maximum atomic E-state index is 11.7. The van der Waals surface area contributed by atoms with Gasteiger partial charge in [-0.05, 0) is 18.8 Å². The normalized spacial score (nSPS) is 36.0. The van der Waals surface area contributed by atoms with E-state index in [4.69, 9.17) is 4.74 Å². The van der Waals surface area contributed by atoms with Crippen LogP contribution in [0, 0.1) is 5.92 Å². The molecule has 1 amide bonds. The molecule has 0 bridgehead atoms. The SMILES string of the molecule is O=C1OC2CNCC2N1CC1CCCC1. The highest BCUT2D eigenvalue weighted by Gasteiger charge is 2.45. The van der Waals surface area contributed by atoms with Gasteiger partial charge in [-0.15, -0.1) is 0 Å². The molecule has 0 aromatic carbocycles. The number of fused-ring (bicyclic) bond motifs is 1. The number of hydrogen-bond acceptors (Lipinski definition) is 3. The second-order valence-corrected chi connectivity index (χ2v) is 4.95. The van der Waals surface area contributed by atoms with Crippen molar-refractivity contribution >= 4 is 6.09 Å². The minimum atomic E-state index is -0.0848. The quantitative estimate of drug-likeness (QED) is 0.738. The summed E-state index contributed by atoms with van der Waals surface area (Å²) in [6.07, 6.45) is 5.26. The van der Waals surface area contributed by atoms with Crippen molar-refractivity contribution in [3.05, 3.63) is 0 Å². The molecule has 0 radical (unpaired) electrons. The van der Waals surface area contributed by atoms with Gasteiger partial charge in [-0.3, -0.25) is 4.90 Å². The van der Waals surface area contributed by atoms with Crippen LogP contribution in [-0.2, 0) is 4.74 Å². The zero-order chi connectivity index (χ0) is 10.3. The summed E-state index contributed by atoms with van der Waals surface area (Å²) in [6.45, 7) is 2.66. The Kier molecular flexibility index (Phi) is 2.31. The lowest BCUT2D eigenvalue weighted by Crippen LogP contribution is -2.40. The number of nitrogens with one attached hydrogen (secondary N) is 1. The van der Waals surface area contributed by atoms with E-state index in [1.54, 1.807) is 0 Å². The Hall–Kier alpha value is -0.770. The molecule has 2 heterocycles. The average molecular weight is 210 g/mol. The molecule has 3 aliphatic rings. The fraction of sp³-hybridized carbons (Fsp3) is 0.909. The van der Waals surface area contributed by atoms with Crippen LogP contribution in [0.5, 0.6) is 0 Å². The summed E-state index contributed by atoms with van der Waals surface area (Å²) in [4.78, 5) is 13.6. The Morgan fingerprint density at radius 2 is 2.13 bits per heavy atom. The highest BCUT2D eigenvalue weighted by Crippen LogP contribution is 2.29. The molecule has 4 nitrogen and oxygen atoms in total. The van der Waals surface area contributed by atoms with Gasteiger partial charge in [0.15, 0.2) is 0 Å². The van der Waals surface area contributed by atoms with Crippen molar-refractivity contribution in [1.82, 2.24) is 10.2 Å². The molecule has 1 aliphatic carbocycles. The predicted octanol–water partition coefficient (Wildman–Crippen LogP) is 0.969. The summed E-state index contributed by atoms with van der Waals surface area (Å²) >= 11 is 0. The van der Waals surface area contributed by atoms with E-state index in [1.807, 2.05) is 4.90 Å². The van der Waals surface area contributed by atoms with Crippen molar-refractivity contribution in [2.75, 3.05) is 19.6 Å². The number of nitrogens with zero attached hydrogens (tertiary/aromatic N) is 1. The van der Waals surface area contributed by atoms with E-state index in [2.05, 4.69) is 5.32 Å². The van der Waals surface area contributed by atoms with Gasteiger partial charge < -0.3 is 10.1 Å². The molecule has 0 spiro atoms. The third-order valence-corrected chi connectivity index (χ3v) is 3.94. The van der Waals surface area contributed by atoms with Crippen molar-refractivity contribution in [3.8, 4) is 0 Å². The van der Waals surface area contributed by atoms with E-state index in [-0.39, 0.29) is 12.2 Å². The Morgan fingerprint density at radius 3 is 2.93 bits per heavy atom. The van der Waals surface area contributed by atoms with Gasteiger partial charge in [0, 0.05) is 19.6 Å². The molecular formula is C11H18N2O2. The molecule has 1 N–H and O–H groups in total. The molecule has 0 aromatic heterocycles. The lowest BCUT2D eigenvalue weighted by Gasteiger charge is -2.23. The minimum absolute atomic E-state index is 0.0848. The van der Waals surface area contributed by atoms with Gasteiger partial charge in [-0.1, -0.05) is 12.8 Å². The highest BCUT2D eigenvalue weighted by molar-refractivity contribution is 5.71. The molecule has 2 aliphatic heterocycles. The fourth-order valence-corrected chi connectivity index (χ4v) is 3.09. The number of amides is 1. The fourth-order valence-electron chi connectivity index (χ4n) is 3.09. The van der Waals surface area contributed by atoms with E-state index in [0.29, 0.717) is 6.04 Å². The first-order chi connectivity index (χ1) is 7.34. The number of carbonyl (C=O) groups is 1.